The van der Waals surface area contributed by atoms with Gasteiger partial charge in [-0.15, -0.1) is 11.3 Å². The summed E-state index contributed by atoms with van der Waals surface area (Å²) in [7, 11) is 0. The van der Waals surface area contributed by atoms with Crippen LogP contribution in [0.5, 0.6) is 0 Å². The van der Waals surface area contributed by atoms with Gasteiger partial charge in [0.15, 0.2) is 6.29 Å². The zero-order chi connectivity index (χ0) is 15.4. The molecule has 1 saturated carbocycles. The van der Waals surface area contributed by atoms with E-state index in [1.807, 2.05) is 12.1 Å². The quantitative estimate of drug-likeness (QED) is 0.592. The van der Waals surface area contributed by atoms with Crippen LogP contribution in [-0.2, 0) is 0 Å². The highest BCUT2D eigenvalue weighted by atomic mass is 32.1. The summed E-state index contributed by atoms with van der Waals surface area (Å²) in [6.45, 7) is 2.30. The van der Waals surface area contributed by atoms with Crippen molar-refractivity contribution in [3.63, 3.8) is 0 Å². The third-order valence-electron chi connectivity index (χ3n) is 4.95. The first-order valence-electron chi connectivity index (χ1n) is 8.45. The molecule has 0 amide bonds. The van der Waals surface area contributed by atoms with Gasteiger partial charge in [-0.3, -0.25) is 4.79 Å². The average Bonchev–Trinajstić information content (AvgIpc) is 3.05. The summed E-state index contributed by atoms with van der Waals surface area (Å²) >= 11 is 1.57. The molecule has 3 rings (SSSR count). The Kier molecular flexibility index (Phi) is 5.09. The lowest BCUT2D eigenvalue weighted by Gasteiger charge is -2.28. The Hall–Kier alpha value is -1.41. The molecule has 1 heterocycles. The molecule has 1 aromatic carbocycles. The van der Waals surface area contributed by atoms with Crippen molar-refractivity contribution in [3.8, 4) is 10.4 Å². The van der Waals surface area contributed by atoms with Crippen LogP contribution in [0.4, 0.5) is 0 Å². The van der Waals surface area contributed by atoms with Crippen molar-refractivity contribution in [3.05, 3.63) is 46.8 Å². The number of carbonyl (C=O) groups excluding carboxylic acids is 1. The van der Waals surface area contributed by atoms with Crippen molar-refractivity contribution in [2.75, 3.05) is 0 Å². The fourth-order valence-corrected chi connectivity index (χ4v) is 4.51. The summed E-state index contributed by atoms with van der Waals surface area (Å²) in [5.74, 6) is 1.71. The van der Waals surface area contributed by atoms with Crippen LogP contribution in [0.3, 0.4) is 0 Å². The van der Waals surface area contributed by atoms with E-state index < -0.39 is 0 Å². The third kappa shape index (κ3) is 3.49. The van der Waals surface area contributed by atoms with Crippen LogP contribution in [0, 0.1) is 5.92 Å². The molecule has 0 bridgehead atoms. The molecule has 1 aliphatic carbocycles. The summed E-state index contributed by atoms with van der Waals surface area (Å²) in [4.78, 5) is 12.8. The summed E-state index contributed by atoms with van der Waals surface area (Å²) < 4.78 is 0. The van der Waals surface area contributed by atoms with E-state index in [1.165, 1.54) is 54.5 Å². The number of hydrogen-bond acceptors (Lipinski definition) is 2. The molecule has 1 nitrogen and oxygen atoms in total. The van der Waals surface area contributed by atoms with Crippen LogP contribution in [0.1, 0.15) is 66.6 Å². The van der Waals surface area contributed by atoms with Crippen LogP contribution >= 0.6 is 11.3 Å². The molecule has 116 valence electrons. The minimum absolute atomic E-state index is 0.746. The second-order valence-corrected chi connectivity index (χ2v) is 7.56. The molecule has 2 aromatic rings. The van der Waals surface area contributed by atoms with Gasteiger partial charge in [-0.1, -0.05) is 44.0 Å². The zero-order valence-corrected chi connectivity index (χ0v) is 14.1. The largest absolute Gasteiger partial charge is 0.297 e. The van der Waals surface area contributed by atoms with E-state index in [0.717, 1.165) is 23.0 Å². The highest BCUT2D eigenvalue weighted by Gasteiger charge is 2.21. The van der Waals surface area contributed by atoms with Crippen molar-refractivity contribution in [2.24, 2.45) is 5.92 Å². The molecule has 0 saturated heterocycles. The normalized spacial score (nSPS) is 21.7. The zero-order valence-electron chi connectivity index (χ0n) is 13.3. The lowest BCUT2D eigenvalue weighted by atomic mass is 9.77. The monoisotopic (exact) mass is 312 g/mol. The summed E-state index contributed by atoms with van der Waals surface area (Å²) in [5.41, 5.74) is 2.72. The maximum absolute atomic E-state index is 10.8. The Balaban J connectivity index is 1.66. The van der Waals surface area contributed by atoms with Crippen LogP contribution in [0.25, 0.3) is 10.4 Å². The van der Waals surface area contributed by atoms with Gasteiger partial charge in [0, 0.05) is 4.88 Å². The van der Waals surface area contributed by atoms with Crippen LogP contribution < -0.4 is 0 Å². The van der Waals surface area contributed by atoms with E-state index in [-0.39, 0.29) is 0 Å². The molecule has 1 fully saturated rings. The van der Waals surface area contributed by atoms with Gasteiger partial charge in [0.1, 0.15) is 0 Å². The summed E-state index contributed by atoms with van der Waals surface area (Å²) in [6.07, 6.45) is 9.15. The maximum atomic E-state index is 10.8. The van der Waals surface area contributed by atoms with Crippen LogP contribution in [0.15, 0.2) is 36.4 Å². The Labute approximate surface area is 137 Å². The van der Waals surface area contributed by atoms with Crippen LogP contribution in [0.2, 0.25) is 0 Å². The standard InChI is InChI=1S/C20H24OS/c1-2-3-15-4-6-16(7-5-15)17-8-10-18(11-9-17)20-13-12-19(14-21)22-20/h8-16H,2-7H2,1H3. The number of thiophene rings is 1. The lowest BCUT2D eigenvalue weighted by Crippen LogP contribution is -2.13. The smallest absolute Gasteiger partial charge is 0.160 e. The molecular formula is C20H24OS. The van der Waals surface area contributed by atoms with Crippen molar-refractivity contribution in [2.45, 2.75) is 51.4 Å². The van der Waals surface area contributed by atoms with Gasteiger partial charge < -0.3 is 0 Å². The molecule has 22 heavy (non-hydrogen) atoms. The molecule has 0 aliphatic heterocycles. The Morgan fingerprint density at radius 1 is 1.05 bits per heavy atom. The van der Waals surface area contributed by atoms with Gasteiger partial charge >= 0.3 is 0 Å². The molecule has 0 radical (unpaired) electrons. The van der Waals surface area contributed by atoms with Gasteiger partial charge in [-0.25, -0.2) is 0 Å². The van der Waals surface area contributed by atoms with Crippen molar-refractivity contribution in [1.82, 2.24) is 0 Å². The van der Waals surface area contributed by atoms with Gasteiger partial charge in [0.05, 0.1) is 4.88 Å². The first kappa shape index (κ1) is 15.5. The van der Waals surface area contributed by atoms with Gasteiger partial charge in [-0.2, -0.15) is 0 Å². The highest BCUT2D eigenvalue weighted by Crippen LogP contribution is 2.38. The minimum Gasteiger partial charge on any atom is -0.297 e. The third-order valence-corrected chi connectivity index (χ3v) is 6.01. The number of hydrogen-bond donors (Lipinski definition) is 0. The molecule has 1 aliphatic rings. The van der Waals surface area contributed by atoms with Gasteiger partial charge in [-0.05, 0) is 60.8 Å². The SMILES string of the molecule is CCCC1CCC(c2ccc(-c3ccc(C=O)s3)cc2)CC1. The lowest BCUT2D eigenvalue weighted by molar-refractivity contribution is 0.112. The first-order chi connectivity index (χ1) is 10.8. The van der Waals surface area contributed by atoms with E-state index in [0.29, 0.717) is 0 Å². The van der Waals surface area contributed by atoms with Gasteiger partial charge in [0.25, 0.3) is 0 Å². The summed E-state index contributed by atoms with van der Waals surface area (Å²) in [6, 6.07) is 13.0. The Morgan fingerprint density at radius 2 is 1.77 bits per heavy atom. The minimum atomic E-state index is 0.746. The fourth-order valence-electron chi connectivity index (χ4n) is 3.68. The van der Waals surface area contributed by atoms with Gasteiger partial charge in [0.2, 0.25) is 0 Å². The van der Waals surface area contributed by atoms with Crippen LogP contribution in [-0.4, -0.2) is 6.29 Å². The van der Waals surface area contributed by atoms with Crippen molar-refractivity contribution < 1.29 is 4.79 Å². The molecular weight excluding hydrogens is 288 g/mol. The van der Waals surface area contributed by atoms with E-state index >= 15 is 0 Å². The van der Waals surface area contributed by atoms with E-state index in [9.17, 15) is 4.79 Å². The topological polar surface area (TPSA) is 17.1 Å². The molecule has 0 atom stereocenters. The maximum Gasteiger partial charge on any atom is 0.160 e. The number of rotatable bonds is 5. The second kappa shape index (κ2) is 7.23. The fraction of sp³-hybridized carbons (Fsp3) is 0.450. The molecule has 2 heteroatoms. The first-order valence-corrected chi connectivity index (χ1v) is 9.27. The molecule has 0 unspecified atom stereocenters. The van der Waals surface area contributed by atoms with E-state index in [1.54, 1.807) is 11.3 Å². The van der Waals surface area contributed by atoms with E-state index in [2.05, 4.69) is 31.2 Å². The predicted octanol–water partition coefficient (Wildman–Crippen LogP) is 6.30. The number of aldehydes is 1. The highest BCUT2D eigenvalue weighted by molar-refractivity contribution is 7.17. The predicted molar refractivity (Wildman–Crippen MR) is 94.7 cm³/mol. The molecule has 1 aromatic heterocycles. The second-order valence-electron chi connectivity index (χ2n) is 6.45. The van der Waals surface area contributed by atoms with Crippen molar-refractivity contribution in [1.29, 1.82) is 0 Å². The van der Waals surface area contributed by atoms with E-state index in [4.69, 9.17) is 0 Å². The number of carbonyl (C=O) groups is 1. The molecule has 0 N–H and O–H groups in total. The average molecular weight is 312 g/mol. The summed E-state index contributed by atoms with van der Waals surface area (Å²) in [5, 5.41) is 0. The van der Waals surface area contributed by atoms with Crippen molar-refractivity contribution >= 4 is 17.6 Å². The number of benzene rings is 1. The Morgan fingerprint density at radius 3 is 2.36 bits per heavy atom. The Bertz CT molecular complexity index is 603. The molecule has 0 spiro atoms.